The van der Waals surface area contributed by atoms with E-state index in [-0.39, 0.29) is 23.8 Å². The summed E-state index contributed by atoms with van der Waals surface area (Å²) in [6.45, 7) is 3.93. The first kappa shape index (κ1) is 21.6. The minimum atomic E-state index is -3.60. The smallest absolute Gasteiger partial charge is 0.337 e. The average molecular weight is 404 g/mol. The van der Waals surface area contributed by atoms with E-state index in [1.54, 1.807) is 42.5 Å². The van der Waals surface area contributed by atoms with Crippen LogP contribution in [0.4, 0.5) is 5.69 Å². The minimum Gasteiger partial charge on any atom is -0.465 e. The molecule has 0 heterocycles. The summed E-state index contributed by atoms with van der Waals surface area (Å²) in [4.78, 5) is 23.6. The molecule has 28 heavy (non-hydrogen) atoms. The summed E-state index contributed by atoms with van der Waals surface area (Å²) in [5.74, 6) is -0.690. The van der Waals surface area contributed by atoms with E-state index in [2.05, 4.69) is 14.8 Å². The molecule has 0 unspecified atom stereocenters. The molecule has 8 heteroatoms. The maximum atomic E-state index is 12.3. The zero-order chi connectivity index (χ0) is 20.7. The highest BCUT2D eigenvalue weighted by Gasteiger charge is 2.14. The second-order valence-electron chi connectivity index (χ2n) is 6.36. The minimum absolute atomic E-state index is 0.157. The van der Waals surface area contributed by atoms with E-state index in [4.69, 9.17) is 0 Å². The second-order valence-corrected chi connectivity index (χ2v) is 8.13. The van der Waals surface area contributed by atoms with Gasteiger partial charge in [0.15, 0.2) is 0 Å². The van der Waals surface area contributed by atoms with E-state index in [1.165, 1.54) is 7.11 Å². The molecule has 0 aliphatic carbocycles. The molecule has 150 valence electrons. The molecule has 0 spiro atoms. The summed E-state index contributed by atoms with van der Waals surface area (Å²) in [5.41, 5.74) is 2.87. The molecule has 0 saturated carbocycles. The van der Waals surface area contributed by atoms with E-state index in [0.717, 1.165) is 11.1 Å². The number of hydrogen-bond donors (Lipinski definition) is 2. The predicted octanol–water partition coefficient (Wildman–Crippen LogP) is 2.79. The first-order chi connectivity index (χ1) is 13.2. The largest absolute Gasteiger partial charge is 0.465 e. The van der Waals surface area contributed by atoms with Gasteiger partial charge in [0.05, 0.1) is 17.6 Å². The Bertz CT molecular complexity index is 953. The van der Waals surface area contributed by atoms with Crippen LogP contribution in [0.3, 0.4) is 0 Å². The number of sulfonamides is 1. The molecule has 0 bridgehead atoms. The zero-order valence-electron chi connectivity index (χ0n) is 16.1. The quantitative estimate of drug-likeness (QED) is 0.520. The Labute approximate surface area is 165 Å². The van der Waals surface area contributed by atoms with Crippen molar-refractivity contribution in [2.24, 2.45) is 0 Å². The van der Waals surface area contributed by atoms with Crippen LogP contribution in [0.2, 0.25) is 0 Å². The van der Waals surface area contributed by atoms with Gasteiger partial charge in [-0.3, -0.25) is 4.79 Å². The third kappa shape index (κ3) is 5.90. The van der Waals surface area contributed by atoms with Gasteiger partial charge >= 0.3 is 5.97 Å². The fourth-order valence-electron chi connectivity index (χ4n) is 2.45. The normalized spacial score (nSPS) is 11.1. The van der Waals surface area contributed by atoms with Gasteiger partial charge in [-0.25, -0.2) is 17.9 Å². The van der Waals surface area contributed by atoms with Gasteiger partial charge in [-0.05, 0) is 67.8 Å². The summed E-state index contributed by atoms with van der Waals surface area (Å²) in [7, 11) is -2.30. The Morgan fingerprint density at radius 2 is 1.68 bits per heavy atom. The topological polar surface area (TPSA) is 102 Å². The molecule has 2 aromatic rings. The molecule has 2 N–H and O–H groups in total. The van der Waals surface area contributed by atoms with Crippen molar-refractivity contribution < 1.29 is 22.7 Å². The second kappa shape index (κ2) is 9.48. The van der Waals surface area contributed by atoms with Gasteiger partial charge in [-0.1, -0.05) is 6.07 Å². The van der Waals surface area contributed by atoms with Crippen molar-refractivity contribution in [3.05, 3.63) is 59.2 Å². The summed E-state index contributed by atoms with van der Waals surface area (Å²) < 4.78 is 31.7. The Balaban J connectivity index is 1.80. The Morgan fingerprint density at radius 1 is 1.00 bits per heavy atom. The Kier molecular flexibility index (Phi) is 7.31. The number of methoxy groups -OCH3 is 1. The van der Waals surface area contributed by atoms with E-state index >= 15 is 0 Å². The van der Waals surface area contributed by atoms with Crippen molar-refractivity contribution in [2.45, 2.75) is 31.6 Å². The first-order valence-electron chi connectivity index (χ1n) is 8.78. The summed E-state index contributed by atoms with van der Waals surface area (Å²) in [6.07, 6.45) is 0.518. The number of amides is 1. The van der Waals surface area contributed by atoms with Gasteiger partial charge in [0.25, 0.3) is 0 Å². The van der Waals surface area contributed by atoms with Crippen molar-refractivity contribution in [1.82, 2.24) is 4.72 Å². The molecule has 0 aliphatic rings. The number of carbonyl (C=O) groups excluding carboxylic acids is 2. The van der Waals surface area contributed by atoms with E-state index in [9.17, 15) is 18.0 Å². The molecule has 0 fully saturated rings. The third-order valence-electron chi connectivity index (χ3n) is 4.25. The molecule has 7 nitrogen and oxygen atoms in total. The number of aryl methyl sites for hydroxylation is 2. The van der Waals surface area contributed by atoms with Crippen LogP contribution < -0.4 is 10.0 Å². The molecule has 0 aliphatic heterocycles. The van der Waals surface area contributed by atoms with E-state index < -0.39 is 16.0 Å². The van der Waals surface area contributed by atoms with E-state index in [0.29, 0.717) is 17.7 Å². The van der Waals surface area contributed by atoms with Gasteiger partial charge in [-0.15, -0.1) is 0 Å². The highest BCUT2D eigenvalue weighted by molar-refractivity contribution is 7.89. The molecule has 0 radical (unpaired) electrons. The Morgan fingerprint density at radius 3 is 2.29 bits per heavy atom. The van der Waals surface area contributed by atoms with Crippen molar-refractivity contribution in [3.8, 4) is 0 Å². The number of nitrogens with one attached hydrogen (secondary N) is 2. The SMILES string of the molecule is COC(=O)c1ccc(NC(=O)CCCNS(=O)(=O)c2ccc(C)c(C)c2)cc1. The maximum absolute atomic E-state index is 12.3. The molecule has 0 atom stereocenters. The van der Waals surface area contributed by atoms with Crippen LogP contribution in [0.5, 0.6) is 0 Å². The molecular weight excluding hydrogens is 380 g/mol. The number of benzene rings is 2. The van der Waals surface area contributed by atoms with Crippen LogP contribution in [0, 0.1) is 13.8 Å². The van der Waals surface area contributed by atoms with Crippen LogP contribution in [0.25, 0.3) is 0 Å². The lowest BCUT2D eigenvalue weighted by Gasteiger charge is -2.09. The molecule has 2 rings (SSSR count). The van der Waals surface area contributed by atoms with Crippen molar-refractivity contribution >= 4 is 27.6 Å². The monoisotopic (exact) mass is 404 g/mol. The van der Waals surface area contributed by atoms with Gasteiger partial charge in [-0.2, -0.15) is 0 Å². The van der Waals surface area contributed by atoms with Crippen LogP contribution in [-0.4, -0.2) is 33.9 Å². The number of carbonyl (C=O) groups is 2. The summed E-state index contributed by atoms with van der Waals surface area (Å²) in [5, 5.41) is 2.70. The third-order valence-corrected chi connectivity index (χ3v) is 5.71. The zero-order valence-corrected chi connectivity index (χ0v) is 16.9. The van der Waals surface area contributed by atoms with Crippen LogP contribution in [-0.2, 0) is 19.6 Å². The van der Waals surface area contributed by atoms with Gasteiger partial charge in [0.1, 0.15) is 0 Å². The predicted molar refractivity (Wildman–Crippen MR) is 107 cm³/mol. The summed E-state index contributed by atoms with van der Waals surface area (Å²) in [6, 6.07) is 11.3. The molecule has 2 aromatic carbocycles. The highest BCUT2D eigenvalue weighted by atomic mass is 32.2. The molecular formula is C20H24N2O5S. The number of rotatable bonds is 8. The highest BCUT2D eigenvalue weighted by Crippen LogP contribution is 2.15. The first-order valence-corrected chi connectivity index (χ1v) is 10.3. The number of esters is 1. The Hall–Kier alpha value is -2.71. The summed E-state index contributed by atoms with van der Waals surface area (Å²) >= 11 is 0. The molecule has 0 aromatic heterocycles. The number of hydrogen-bond acceptors (Lipinski definition) is 5. The van der Waals surface area contributed by atoms with E-state index in [1.807, 2.05) is 13.8 Å². The van der Waals surface area contributed by atoms with Crippen molar-refractivity contribution in [3.63, 3.8) is 0 Å². The lowest BCUT2D eigenvalue weighted by atomic mass is 10.1. The van der Waals surface area contributed by atoms with Crippen molar-refractivity contribution in [1.29, 1.82) is 0 Å². The fourth-order valence-corrected chi connectivity index (χ4v) is 3.61. The van der Waals surface area contributed by atoms with Gasteiger partial charge in [0.2, 0.25) is 15.9 Å². The fraction of sp³-hybridized carbons (Fsp3) is 0.300. The number of ether oxygens (including phenoxy) is 1. The molecule has 1 amide bonds. The standard InChI is InChI=1S/C20H24N2O5S/c1-14-6-11-18(13-15(14)2)28(25,26)21-12-4-5-19(23)22-17-9-7-16(8-10-17)20(24)27-3/h6-11,13,21H,4-5,12H2,1-3H3,(H,22,23). The van der Waals surface area contributed by atoms with Crippen molar-refractivity contribution in [2.75, 3.05) is 19.0 Å². The average Bonchev–Trinajstić information content (AvgIpc) is 2.67. The van der Waals surface area contributed by atoms with Gasteiger partial charge in [0, 0.05) is 18.7 Å². The van der Waals surface area contributed by atoms with Crippen LogP contribution in [0.15, 0.2) is 47.4 Å². The van der Waals surface area contributed by atoms with Gasteiger partial charge < -0.3 is 10.1 Å². The van der Waals surface area contributed by atoms with Crippen LogP contribution in [0.1, 0.15) is 34.3 Å². The molecule has 0 saturated heterocycles. The van der Waals surface area contributed by atoms with Crippen LogP contribution >= 0.6 is 0 Å². The lowest BCUT2D eigenvalue weighted by molar-refractivity contribution is -0.116. The lowest BCUT2D eigenvalue weighted by Crippen LogP contribution is -2.26. The number of anilines is 1. The maximum Gasteiger partial charge on any atom is 0.337 e.